The van der Waals surface area contributed by atoms with Gasteiger partial charge >= 0.3 is 6.18 Å². The highest BCUT2D eigenvalue weighted by Crippen LogP contribution is 2.30. The molecule has 1 aliphatic heterocycles. The fraction of sp³-hybridized carbons (Fsp3) is 0.500. The van der Waals surface area contributed by atoms with E-state index in [-0.39, 0.29) is 12.4 Å². The van der Waals surface area contributed by atoms with Crippen LogP contribution in [-0.2, 0) is 33.5 Å². The zero-order valence-corrected chi connectivity index (χ0v) is 17.5. The van der Waals surface area contributed by atoms with Crippen LogP contribution in [0.4, 0.5) is 24.8 Å². The van der Waals surface area contributed by atoms with E-state index >= 15 is 0 Å². The van der Waals surface area contributed by atoms with Crippen molar-refractivity contribution in [3.8, 4) is 0 Å². The molecule has 3 rings (SSSR count). The van der Waals surface area contributed by atoms with E-state index in [4.69, 9.17) is 4.74 Å². The monoisotopic (exact) mass is 461 g/mol. The van der Waals surface area contributed by atoms with Gasteiger partial charge in [-0.1, -0.05) is 0 Å². The van der Waals surface area contributed by atoms with E-state index in [1.165, 1.54) is 0 Å². The first-order valence-corrected chi connectivity index (χ1v) is 10.5. The summed E-state index contributed by atoms with van der Waals surface area (Å²) < 4.78 is 67.1. The molecule has 2 aromatic rings. The first kappa shape index (κ1) is 23.2. The molecule has 31 heavy (non-hydrogen) atoms. The predicted octanol–water partition coefficient (Wildman–Crippen LogP) is 2.33. The van der Waals surface area contributed by atoms with Gasteiger partial charge in [-0.2, -0.15) is 17.5 Å². The number of rotatable bonds is 7. The first-order chi connectivity index (χ1) is 14.7. The van der Waals surface area contributed by atoms with Crippen molar-refractivity contribution in [2.24, 2.45) is 5.92 Å². The lowest BCUT2D eigenvalue weighted by molar-refractivity contribution is -0.137. The summed E-state index contributed by atoms with van der Waals surface area (Å²) in [5.41, 5.74) is -1.01. The maximum atomic E-state index is 13.0. The number of anilines is 2. The van der Waals surface area contributed by atoms with Crippen molar-refractivity contribution in [2.75, 3.05) is 36.0 Å². The summed E-state index contributed by atoms with van der Waals surface area (Å²) in [5, 5.41) is 0. The van der Waals surface area contributed by atoms with Crippen LogP contribution in [0.1, 0.15) is 18.4 Å². The second-order valence-corrected chi connectivity index (χ2v) is 7.84. The van der Waals surface area contributed by atoms with Crippen LogP contribution >= 0.6 is 0 Å². The average Bonchev–Trinajstić information content (AvgIpc) is 3.21. The number of alkyl halides is 3. The predicted molar refractivity (Wildman–Crippen MR) is 107 cm³/mol. The van der Waals surface area contributed by atoms with Crippen LogP contribution in [0.25, 0.3) is 0 Å². The molecule has 3 heterocycles. The Balaban J connectivity index is 1.74. The van der Waals surface area contributed by atoms with E-state index in [2.05, 4.69) is 9.97 Å². The number of hydrogen-bond acceptors (Lipinski definition) is 6. The molecular formula is C18H22F3N5O4S. The third-order valence-corrected chi connectivity index (χ3v) is 5.59. The Kier molecular flexibility index (Phi) is 7.28. The number of imidazole rings is 1. The Bertz CT molecular complexity index is 922. The second kappa shape index (κ2) is 9.75. The van der Waals surface area contributed by atoms with Crippen LogP contribution in [0, 0.1) is 5.92 Å². The molecule has 1 aliphatic rings. The van der Waals surface area contributed by atoms with Gasteiger partial charge in [0.05, 0.1) is 24.4 Å². The topological polar surface area (TPSA) is 101 Å². The van der Waals surface area contributed by atoms with E-state index in [9.17, 15) is 26.7 Å². The number of halogens is 3. The van der Waals surface area contributed by atoms with Crippen molar-refractivity contribution in [3.05, 3.63) is 36.4 Å². The van der Waals surface area contributed by atoms with Crippen molar-refractivity contribution >= 4 is 28.8 Å². The number of piperidine rings is 1. The number of ether oxygens (including phenoxy) is 1. The van der Waals surface area contributed by atoms with E-state index < -0.39 is 34.8 Å². The summed E-state index contributed by atoms with van der Waals surface area (Å²) in [5.74, 6) is -0.979. The number of methoxy groups -OCH3 is 1. The molecule has 0 aliphatic carbocycles. The highest BCUT2D eigenvalue weighted by molar-refractivity contribution is 7.81. The van der Waals surface area contributed by atoms with Crippen LogP contribution < -0.4 is 9.21 Å². The molecule has 2 atom stereocenters. The highest BCUT2D eigenvalue weighted by Gasteiger charge is 2.35. The van der Waals surface area contributed by atoms with Gasteiger partial charge in [-0.25, -0.2) is 14.2 Å². The molecule has 0 aromatic carbocycles. The Morgan fingerprint density at radius 3 is 2.77 bits per heavy atom. The van der Waals surface area contributed by atoms with Crippen LogP contribution in [0.5, 0.6) is 0 Å². The summed E-state index contributed by atoms with van der Waals surface area (Å²) in [6.07, 6.45) is 0.519. The van der Waals surface area contributed by atoms with Crippen LogP contribution in [0.15, 0.2) is 30.9 Å². The van der Waals surface area contributed by atoms with Gasteiger partial charge in [-0.15, -0.1) is 0 Å². The van der Waals surface area contributed by atoms with Gasteiger partial charge in [0.2, 0.25) is 5.91 Å². The number of nitrogens with zero attached hydrogens (tertiary/aromatic N) is 5. The molecule has 170 valence electrons. The number of carbonyl (C=O) groups excluding carboxylic acids is 1. The molecule has 1 N–H and O–H groups in total. The summed E-state index contributed by atoms with van der Waals surface area (Å²) >= 11 is -2.78. The molecule has 0 bridgehead atoms. The van der Waals surface area contributed by atoms with Crippen molar-refractivity contribution < 1.29 is 31.5 Å². The van der Waals surface area contributed by atoms with Gasteiger partial charge in [0.1, 0.15) is 11.6 Å². The molecule has 0 spiro atoms. The van der Waals surface area contributed by atoms with E-state index in [0.29, 0.717) is 48.9 Å². The van der Waals surface area contributed by atoms with Crippen molar-refractivity contribution in [1.29, 1.82) is 0 Å². The number of hydrogen-bond donors (Lipinski definition) is 1. The lowest BCUT2D eigenvalue weighted by Crippen LogP contribution is -2.46. The van der Waals surface area contributed by atoms with E-state index in [1.54, 1.807) is 13.4 Å². The van der Waals surface area contributed by atoms with Crippen molar-refractivity contribution in [3.63, 3.8) is 0 Å². The number of carbonyl (C=O) groups is 1. The minimum absolute atomic E-state index is 0.258. The number of pyridine rings is 1. The minimum atomic E-state index is -4.60. The third kappa shape index (κ3) is 5.60. The van der Waals surface area contributed by atoms with Gasteiger partial charge in [-0.3, -0.25) is 9.35 Å². The summed E-state index contributed by atoms with van der Waals surface area (Å²) in [6.45, 7) is 2.06. The van der Waals surface area contributed by atoms with Gasteiger partial charge in [0.15, 0.2) is 0 Å². The number of aromatic nitrogens is 3. The lowest BCUT2D eigenvalue weighted by Gasteiger charge is -2.33. The standard InChI is InChI=1S/C18H22F3N5O4S/c1-30-8-7-24-11-16(23-12-24)25-6-2-3-13(10-25)17(27)26(31(28)29)15-5-4-14(9-22-15)18(19,20)21/h4-5,9,11-13H,2-3,6-8,10H2,1H3,(H,28,29)/t13-/m1/s1. The third-order valence-electron chi connectivity index (χ3n) is 4.91. The molecule has 13 heteroatoms. The minimum Gasteiger partial charge on any atom is -0.383 e. The van der Waals surface area contributed by atoms with Crippen molar-refractivity contribution in [2.45, 2.75) is 25.6 Å². The molecule has 2 aromatic heterocycles. The Morgan fingerprint density at radius 2 is 2.16 bits per heavy atom. The van der Waals surface area contributed by atoms with Crippen LogP contribution in [0.3, 0.4) is 0 Å². The van der Waals surface area contributed by atoms with E-state index in [0.717, 1.165) is 12.1 Å². The maximum absolute atomic E-state index is 13.0. The molecule has 1 amide bonds. The second-order valence-electron chi connectivity index (χ2n) is 7.01. The first-order valence-electron chi connectivity index (χ1n) is 9.44. The highest BCUT2D eigenvalue weighted by atomic mass is 32.2. The maximum Gasteiger partial charge on any atom is 0.417 e. The molecule has 0 radical (unpaired) electrons. The largest absolute Gasteiger partial charge is 0.417 e. The molecule has 0 saturated carbocycles. The fourth-order valence-electron chi connectivity index (χ4n) is 3.33. The average molecular weight is 461 g/mol. The molecule has 1 fully saturated rings. The summed E-state index contributed by atoms with van der Waals surface area (Å²) in [7, 11) is 1.60. The normalized spacial score (nSPS) is 18.1. The van der Waals surface area contributed by atoms with Gasteiger partial charge in [0.25, 0.3) is 11.3 Å². The fourth-order valence-corrected chi connectivity index (χ4v) is 3.90. The summed E-state index contributed by atoms with van der Waals surface area (Å²) in [6, 6.07) is 1.63. The Labute approximate surface area is 179 Å². The van der Waals surface area contributed by atoms with E-state index in [1.807, 2.05) is 15.7 Å². The Hall–Kier alpha value is -2.51. The zero-order valence-electron chi connectivity index (χ0n) is 16.7. The van der Waals surface area contributed by atoms with Gasteiger partial charge in [0, 0.05) is 39.1 Å². The van der Waals surface area contributed by atoms with Crippen molar-refractivity contribution in [1.82, 2.24) is 14.5 Å². The smallest absolute Gasteiger partial charge is 0.383 e. The van der Waals surface area contributed by atoms with Gasteiger partial charge in [-0.05, 0) is 25.0 Å². The van der Waals surface area contributed by atoms with Gasteiger partial charge < -0.3 is 14.2 Å². The molecule has 1 saturated heterocycles. The lowest BCUT2D eigenvalue weighted by atomic mass is 9.97. The summed E-state index contributed by atoms with van der Waals surface area (Å²) in [4.78, 5) is 22.8. The quantitative estimate of drug-likeness (QED) is 0.632. The molecule has 9 nitrogen and oxygen atoms in total. The van der Waals surface area contributed by atoms with Crippen LogP contribution in [0.2, 0.25) is 0 Å². The molecular weight excluding hydrogens is 439 g/mol. The Morgan fingerprint density at radius 1 is 1.39 bits per heavy atom. The number of amides is 1. The van der Waals surface area contributed by atoms with Crippen LogP contribution in [-0.4, -0.2) is 56.0 Å². The molecule has 1 unspecified atom stereocenters. The zero-order chi connectivity index (χ0) is 22.6. The SMILES string of the molecule is COCCn1cnc(N2CCC[C@@H](C(=O)N(c3ccc(C(F)(F)F)cn3)S(=O)O)C2)c1.